The average molecular weight is 394 g/mol. The molecule has 0 aliphatic carbocycles. The molecule has 4 rings (SSSR count). The van der Waals surface area contributed by atoms with Crippen LogP contribution in [0.3, 0.4) is 0 Å². The molecule has 1 amide bonds. The number of aromatic amines is 1. The Hall–Kier alpha value is -3.45. The summed E-state index contributed by atoms with van der Waals surface area (Å²) in [6.07, 6.45) is 0. The Bertz CT molecular complexity index is 1110. The normalized spacial score (nSPS) is 11.9. The standard InChI is InChI=1S/C20H16ClN5O2/c1-12-22-19(25-24-12)18(13-6-3-2-4-7-13)23-20(27)16-11-17(28-26-16)14-8-5-9-15(21)10-14/h2-11,18H,1H3,(H,23,27)(H,22,24,25)/t18-/m1/s1. The van der Waals surface area contributed by atoms with E-state index in [2.05, 4.69) is 25.7 Å². The van der Waals surface area contributed by atoms with Gasteiger partial charge in [-0.1, -0.05) is 59.2 Å². The van der Waals surface area contributed by atoms with Crippen molar-refractivity contribution in [3.8, 4) is 11.3 Å². The highest BCUT2D eigenvalue weighted by atomic mass is 35.5. The van der Waals surface area contributed by atoms with Crippen molar-refractivity contribution in [1.29, 1.82) is 0 Å². The van der Waals surface area contributed by atoms with Gasteiger partial charge in [0, 0.05) is 16.7 Å². The Balaban J connectivity index is 1.60. The fourth-order valence-electron chi connectivity index (χ4n) is 2.80. The van der Waals surface area contributed by atoms with Gasteiger partial charge in [-0.15, -0.1) is 0 Å². The first kappa shape index (κ1) is 17.9. The Morgan fingerprint density at radius 2 is 1.96 bits per heavy atom. The lowest BCUT2D eigenvalue weighted by atomic mass is 10.1. The lowest BCUT2D eigenvalue weighted by molar-refractivity contribution is 0.0932. The van der Waals surface area contributed by atoms with E-state index in [1.807, 2.05) is 36.4 Å². The van der Waals surface area contributed by atoms with E-state index in [0.717, 1.165) is 11.1 Å². The number of amides is 1. The number of hydrogen-bond donors (Lipinski definition) is 2. The van der Waals surface area contributed by atoms with Gasteiger partial charge in [0.1, 0.15) is 11.9 Å². The Labute approximate surface area is 165 Å². The fraction of sp³-hybridized carbons (Fsp3) is 0.100. The Morgan fingerprint density at radius 3 is 2.68 bits per heavy atom. The first-order valence-electron chi connectivity index (χ1n) is 8.57. The van der Waals surface area contributed by atoms with Crippen molar-refractivity contribution in [3.05, 3.63) is 88.6 Å². The summed E-state index contributed by atoms with van der Waals surface area (Å²) in [7, 11) is 0. The van der Waals surface area contributed by atoms with Crippen LogP contribution in [0.25, 0.3) is 11.3 Å². The number of halogens is 1. The molecule has 140 valence electrons. The number of H-pyrrole nitrogens is 1. The molecule has 2 aromatic carbocycles. The van der Waals surface area contributed by atoms with Crippen LogP contribution in [0.2, 0.25) is 5.02 Å². The summed E-state index contributed by atoms with van der Waals surface area (Å²) in [6, 6.07) is 17.7. The number of aryl methyl sites for hydroxylation is 1. The molecule has 0 bridgehead atoms. The van der Waals surface area contributed by atoms with E-state index >= 15 is 0 Å². The van der Waals surface area contributed by atoms with Crippen LogP contribution in [0, 0.1) is 6.92 Å². The van der Waals surface area contributed by atoms with E-state index in [1.165, 1.54) is 0 Å². The smallest absolute Gasteiger partial charge is 0.274 e. The monoisotopic (exact) mass is 393 g/mol. The molecule has 2 N–H and O–H groups in total. The molecule has 0 unspecified atom stereocenters. The van der Waals surface area contributed by atoms with Gasteiger partial charge in [0.25, 0.3) is 5.91 Å². The highest BCUT2D eigenvalue weighted by Crippen LogP contribution is 2.24. The number of benzene rings is 2. The molecular formula is C20H16ClN5O2. The first-order valence-corrected chi connectivity index (χ1v) is 8.95. The predicted octanol–water partition coefficient (Wildman–Crippen LogP) is 3.94. The molecule has 1 atom stereocenters. The van der Waals surface area contributed by atoms with Crippen LogP contribution in [0.15, 0.2) is 65.2 Å². The molecule has 8 heteroatoms. The minimum Gasteiger partial charge on any atom is -0.355 e. The van der Waals surface area contributed by atoms with Crippen LogP contribution in [0.1, 0.15) is 33.7 Å². The number of nitrogens with one attached hydrogen (secondary N) is 2. The van der Waals surface area contributed by atoms with Crippen molar-refractivity contribution >= 4 is 17.5 Å². The zero-order valence-corrected chi connectivity index (χ0v) is 15.6. The summed E-state index contributed by atoms with van der Waals surface area (Å²) in [6.45, 7) is 1.80. The van der Waals surface area contributed by atoms with Gasteiger partial charge >= 0.3 is 0 Å². The third kappa shape index (κ3) is 3.79. The maximum Gasteiger partial charge on any atom is 0.274 e. The number of carbonyl (C=O) groups is 1. The van der Waals surface area contributed by atoms with Gasteiger partial charge in [0.2, 0.25) is 0 Å². The van der Waals surface area contributed by atoms with Gasteiger partial charge in [-0.25, -0.2) is 4.98 Å². The van der Waals surface area contributed by atoms with E-state index in [0.29, 0.717) is 22.4 Å². The predicted molar refractivity (Wildman–Crippen MR) is 104 cm³/mol. The maximum absolute atomic E-state index is 12.8. The SMILES string of the molecule is Cc1nc([C@H](NC(=O)c2cc(-c3cccc(Cl)c3)on2)c2ccccc2)n[nH]1. The minimum atomic E-state index is -0.523. The summed E-state index contributed by atoms with van der Waals surface area (Å²) < 4.78 is 5.32. The first-order chi connectivity index (χ1) is 13.6. The highest BCUT2D eigenvalue weighted by molar-refractivity contribution is 6.30. The summed E-state index contributed by atoms with van der Waals surface area (Å²) in [5.41, 5.74) is 1.75. The summed E-state index contributed by atoms with van der Waals surface area (Å²) in [4.78, 5) is 17.2. The largest absolute Gasteiger partial charge is 0.355 e. The number of hydrogen-bond acceptors (Lipinski definition) is 5. The third-order valence-electron chi connectivity index (χ3n) is 4.13. The number of aromatic nitrogens is 4. The molecule has 0 aliphatic heterocycles. The van der Waals surface area contributed by atoms with Gasteiger partial charge in [0.15, 0.2) is 17.3 Å². The van der Waals surface area contributed by atoms with Gasteiger partial charge < -0.3 is 9.84 Å². The second kappa shape index (κ2) is 7.66. The molecule has 0 saturated heterocycles. The molecule has 4 aromatic rings. The zero-order valence-electron chi connectivity index (χ0n) is 14.9. The Kier molecular flexibility index (Phi) is 4.90. The van der Waals surface area contributed by atoms with Crippen molar-refractivity contribution in [2.75, 3.05) is 0 Å². The van der Waals surface area contributed by atoms with Gasteiger partial charge in [-0.2, -0.15) is 5.10 Å². The van der Waals surface area contributed by atoms with E-state index in [4.69, 9.17) is 16.1 Å². The molecule has 0 radical (unpaired) electrons. The molecule has 2 aromatic heterocycles. The van der Waals surface area contributed by atoms with Crippen molar-refractivity contribution in [2.45, 2.75) is 13.0 Å². The second-order valence-electron chi connectivity index (χ2n) is 6.18. The molecule has 7 nitrogen and oxygen atoms in total. The quantitative estimate of drug-likeness (QED) is 0.535. The molecule has 0 saturated carbocycles. The van der Waals surface area contributed by atoms with Gasteiger partial charge in [0.05, 0.1) is 0 Å². The lowest BCUT2D eigenvalue weighted by Gasteiger charge is -2.15. The van der Waals surface area contributed by atoms with Crippen LogP contribution >= 0.6 is 11.6 Å². The maximum atomic E-state index is 12.8. The van der Waals surface area contributed by atoms with Crippen molar-refractivity contribution in [3.63, 3.8) is 0 Å². The van der Waals surface area contributed by atoms with Crippen LogP contribution in [0.5, 0.6) is 0 Å². The second-order valence-corrected chi connectivity index (χ2v) is 6.62. The Morgan fingerprint density at radius 1 is 1.14 bits per heavy atom. The fourth-order valence-corrected chi connectivity index (χ4v) is 2.99. The van der Waals surface area contributed by atoms with Crippen molar-refractivity contribution in [1.82, 2.24) is 25.7 Å². The van der Waals surface area contributed by atoms with E-state index in [9.17, 15) is 4.79 Å². The molecule has 0 fully saturated rings. The number of rotatable bonds is 5. The lowest BCUT2D eigenvalue weighted by Crippen LogP contribution is -2.30. The van der Waals surface area contributed by atoms with E-state index in [-0.39, 0.29) is 5.69 Å². The molecule has 0 aliphatic rings. The minimum absolute atomic E-state index is 0.156. The molecule has 2 heterocycles. The molecular weight excluding hydrogens is 378 g/mol. The molecule has 0 spiro atoms. The van der Waals surface area contributed by atoms with Gasteiger partial charge in [-0.3, -0.25) is 9.89 Å². The summed E-state index contributed by atoms with van der Waals surface area (Å²) in [5, 5.41) is 14.4. The zero-order chi connectivity index (χ0) is 19.5. The average Bonchev–Trinajstić information content (AvgIpc) is 3.36. The number of nitrogens with zero attached hydrogens (tertiary/aromatic N) is 3. The highest BCUT2D eigenvalue weighted by Gasteiger charge is 2.23. The topological polar surface area (TPSA) is 96.7 Å². The van der Waals surface area contributed by atoms with Crippen LogP contribution in [-0.2, 0) is 0 Å². The van der Waals surface area contributed by atoms with Crippen LogP contribution in [0.4, 0.5) is 0 Å². The van der Waals surface area contributed by atoms with E-state index < -0.39 is 11.9 Å². The summed E-state index contributed by atoms with van der Waals surface area (Å²) in [5.74, 6) is 1.19. The van der Waals surface area contributed by atoms with Crippen molar-refractivity contribution in [2.24, 2.45) is 0 Å². The van der Waals surface area contributed by atoms with Crippen molar-refractivity contribution < 1.29 is 9.32 Å². The number of carbonyl (C=O) groups excluding carboxylic acids is 1. The van der Waals surface area contributed by atoms with Gasteiger partial charge in [-0.05, 0) is 24.6 Å². The van der Waals surface area contributed by atoms with Crippen LogP contribution in [-0.4, -0.2) is 26.2 Å². The van der Waals surface area contributed by atoms with Crippen LogP contribution < -0.4 is 5.32 Å². The van der Waals surface area contributed by atoms with E-state index in [1.54, 1.807) is 31.2 Å². The summed E-state index contributed by atoms with van der Waals surface area (Å²) >= 11 is 6.01. The third-order valence-corrected chi connectivity index (χ3v) is 4.37. The molecule has 28 heavy (non-hydrogen) atoms.